The van der Waals surface area contributed by atoms with Crippen LogP contribution in [-0.4, -0.2) is 50.0 Å². The lowest BCUT2D eigenvalue weighted by Crippen LogP contribution is -2.35. The van der Waals surface area contributed by atoms with Crippen LogP contribution in [0.2, 0.25) is 5.02 Å². The van der Waals surface area contributed by atoms with Crippen molar-refractivity contribution >= 4 is 58.7 Å². The number of nitriles is 1. The van der Waals surface area contributed by atoms with Crippen molar-refractivity contribution in [1.82, 2.24) is 9.88 Å². The second kappa shape index (κ2) is 11.3. The van der Waals surface area contributed by atoms with E-state index in [0.717, 1.165) is 25.9 Å². The molecule has 35 heavy (non-hydrogen) atoms. The maximum Gasteiger partial charge on any atom is 0.231 e. The van der Waals surface area contributed by atoms with Gasteiger partial charge >= 0.3 is 0 Å². The van der Waals surface area contributed by atoms with Crippen molar-refractivity contribution in [2.45, 2.75) is 18.9 Å². The standard InChI is InChI=1S/C24H23ClN4O4.2ClH/c1-29-7-5-15(6-8-29)33-20-10-16(30-2)9-18-21(20)22(14(11-26)12-27-18)28-23-17(25)3-4-19-24(23)32-13-31-19;;/h3-4,9-10,12,15H,5-8,13H2,1-2H3,(H,27,28);2*1H. The Kier molecular flexibility index (Phi) is 8.62. The smallest absolute Gasteiger partial charge is 0.231 e. The Balaban J connectivity index is 0.00000171. The van der Waals surface area contributed by atoms with Gasteiger partial charge in [0.2, 0.25) is 6.79 Å². The number of rotatable bonds is 5. The molecule has 8 nitrogen and oxygen atoms in total. The summed E-state index contributed by atoms with van der Waals surface area (Å²) in [7, 11) is 3.71. The van der Waals surface area contributed by atoms with Crippen LogP contribution in [-0.2, 0) is 0 Å². The fraction of sp³-hybridized carbons (Fsp3) is 0.333. The zero-order chi connectivity index (χ0) is 22.9. The molecule has 2 aliphatic heterocycles. The van der Waals surface area contributed by atoms with Crippen molar-refractivity contribution in [2.75, 3.05) is 39.4 Å². The molecule has 1 N–H and O–H groups in total. The van der Waals surface area contributed by atoms with E-state index in [9.17, 15) is 5.26 Å². The van der Waals surface area contributed by atoms with E-state index in [1.165, 1.54) is 6.20 Å². The second-order valence-corrected chi connectivity index (χ2v) is 8.49. The molecular weight excluding hydrogens is 515 g/mol. The van der Waals surface area contributed by atoms with Gasteiger partial charge in [-0.15, -0.1) is 24.8 Å². The summed E-state index contributed by atoms with van der Waals surface area (Å²) in [4.78, 5) is 6.79. The highest BCUT2D eigenvalue weighted by Gasteiger charge is 2.25. The van der Waals surface area contributed by atoms with Crippen LogP contribution in [0.5, 0.6) is 23.0 Å². The summed E-state index contributed by atoms with van der Waals surface area (Å²) in [6.07, 6.45) is 3.40. The number of hydrogen-bond donors (Lipinski definition) is 1. The minimum absolute atomic E-state index is 0. The first-order valence-corrected chi connectivity index (χ1v) is 11.1. The zero-order valence-corrected chi connectivity index (χ0v) is 21.6. The lowest BCUT2D eigenvalue weighted by molar-refractivity contribution is 0.115. The van der Waals surface area contributed by atoms with E-state index in [-0.39, 0.29) is 37.7 Å². The van der Waals surface area contributed by atoms with Gasteiger partial charge < -0.3 is 29.2 Å². The van der Waals surface area contributed by atoms with E-state index >= 15 is 0 Å². The molecule has 5 rings (SSSR count). The van der Waals surface area contributed by atoms with Gasteiger partial charge in [0.05, 0.1) is 34.3 Å². The average Bonchev–Trinajstić information content (AvgIpc) is 3.31. The number of aromatic nitrogens is 1. The van der Waals surface area contributed by atoms with E-state index in [4.69, 9.17) is 30.5 Å². The Hall–Kier alpha value is -2.83. The van der Waals surface area contributed by atoms with Crippen molar-refractivity contribution < 1.29 is 18.9 Å². The largest absolute Gasteiger partial charge is 0.497 e. The maximum atomic E-state index is 9.87. The van der Waals surface area contributed by atoms with Crippen LogP contribution in [0.15, 0.2) is 30.5 Å². The van der Waals surface area contributed by atoms with Crippen molar-refractivity contribution in [3.8, 4) is 29.1 Å². The number of pyridine rings is 1. The normalized spacial score (nSPS) is 15.0. The molecule has 1 fully saturated rings. The van der Waals surface area contributed by atoms with Crippen LogP contribution in [0, 0.1) is 11.3 Å². The SMILES string of the molecule is COc1cc(OC2CCN(C)CC2)c2c(Nc3c(Cl)ccc4c3OCO4)c(C#N)cnc2c1.Cl.Cl. The average molecular weight is 540 g/mol. The van der Waals surface area contributed by atoms with E-state index < -0.39 is 0 Å². The van der Waals surface area contributed by atoms with Crippen LogP contribution in [0.25, 0.3) is 10.9 Å². The summed E-state index contributed by atoms with van der Waals surface area (Å²) in [6.45, 7) is 2.03. The number of ether oxygens (including phenoxy) is 4. The minimum Gasteiger partial charge on any atom is -0.497 e. The molecule has 0 spiro atoms. The predicted molar refractivity (Wildman–Crippen MR) is 140 cm³/mol. The number of nitrogens with one attached hydrogen (secondary N) is 1. The van der Waals surface area contributed by atoms with E-state index in [1.807, 2.05) is 12.1 Å². The molecule has 0 bridgehead atoms. The molecule has 1 saturated heterocycles. The Morgan fingerprint density at radius 1 is 1.17 bits per heavy atom. The molecule has 186 valence electrons. The third-order valence-corrected chi connectivity index (χ3v) is 6.28. The van der Waals surface area contributed by atoms with Crippen LogP contribution < -0.4 is 24.3 Å². The Morgan fingerprint density at radius 3 is 2.66 bits per heavy atom. The zero-order valence-electron chi connectivity index (χ0n) is 19.2. The van der Waals surface area contributed by atoms with Crippen LogP contribution in [0.4, 0.5) is 11.4 Å². The first-order chi connectivity index (χ1) is 16.1. The number of anilines is 2. The monoisotopic (exact) mass is 538 g/mol. The van der Waals surface area contributed by atoms with Crippen LogP contribution >= 0.6 is 36.4 Å². The number of piperidine rings is 1. The van der Waals surface area contributed by atoms with Gasteiger partial charge in [0.1, 0.15) is 29.4 Å². The summed E-state index contributed by atoms with van der Waals surface area (Å²) in [5, 5.41) is 14.3. The molecule has 0 unspecified atom stereocenters. The Morgan fingerprint density at radius 2 is 1.94 bits per heavy atom. The third kappa shape index (κ3) is 5.24. The first-order valence-electron chi connectivity index (χ1n) is 10.7. The number of methoxy groups -OCH3 is 1. The van der Waals surface area contributed by atoms with Gasteiger partial charge in [0.25, 0.3) is 0 Å². The highest BCUT2D eigenvalue weighted by atomic mass is 35.5. The number of nitrogens with zero attached hydrogens (tertiary/aromatic N) is 3. The molecule has 11 heteroatoms. The topological polar surface area (TPSA) is 88.9 Å². The molecule has 2 aliphatic rings. The molecule has 0 aliphatic carbocycles. The molecule has 3 aromatic rings. The fourth-order valence-electron chi connectivity index (χ4n) is 4.16. The molecule has 0 saturated carbocycles. The van der Waals surface area contributed by atoms with Gasteiger partial charge in [-0.2, -0.15) is 5.26 Å². The highest BCUT2D eigenvalue weighted by molar-refractivity contribution is 6.34. The molecule has 1 aromatic heterocycles. The number of likely N-dealkylation sites (tertiary alicyclic amines) is 1. The molecule has 3 heterocycles. The molecular formula is C24H25Cl3N4O4. The number of benzene rings is 2. The number of fused-ring (bicyclic) bond motifs is 2. The van der Waals surface area contributed by atoms with Crippen molar-refractivity contribution in [1.29, 1.82) is 5.26 Å². The molecule has 0 amide bonds. The van der Waals surface area contributed by atoms with Crippen molar-refractivity contribution in [3.63, 3.8) is 0 Å². The minimum atomic E-state index is 0. The first kappa shape index (κ1) is 26.8. The summed E-state index contributed by atoms with van der Waals surface area (Å²) >= 11 is 6.51. The maximum absolute atomic E-state index is 9.87. The second-order valence-electron chi connectivity index (χ2n) is 8.08. The summed E-state index contributed by atoms with van der Waals surface area (Å²) in [5.74, 6) is 2.32. The summed E-state index contributed by atoms with van der Waals surface area (Å²) in [6, 6.07) is 9.37. The van der Waals surface area contributed by atoms with Gasteiger partial charge in [-0.25, -0.2) is 0 Å². The number of hydrogen-bond acceptors (Lipinski definition) is 8. The van der Waals surface area contributed by atoms with Crippen LogP contribution in [0.1, 0.15) is 18.4 Å². The summed E-state index contributed by atoms with van der Waals surface area (Å²) < 4.78 is 23.1. The van der Waals surface area contributed by atoms with Gasteiger partial charge in [-0.05, 0) is 32.0 Å². The lowest BCUT2D eigenvalue weighted by atomic mass is 10.1. The highest BCUT2D eigenvalue weighted by Crippen LogP contribution is 2.47. The van der Waals surface area contributed by atoms with Gasteiger partial charge in [-0.1, -0.05) is 11.6 Å². The Labute approximate surface area is 220 Å². The van der Waals surface area contributed by atoms with Gasteiger partial charge in [0, 0.05) is 31.4 Å². The number of halogens is 3. The van der Waals surface area contributed by atoms with E-state index in [1.54, 1.807) is 19.2 Å². The Bertz CT molecular complexity index is 1260. The van der Waals surface area contributed by atoms with Crippen molar-refractivity contribution in [3.05, 3.63) is 41.0 Å². The van der Waals surface area contributed by atoms with Crippen molar-refractivity contribution in [2.24, 2.45) is 0 Å². The van der Waals surface area contributed by atoms with Crippen LogP contribution in [0.3, 0.4) is 0 Å². The van der Waals surface area contributed by atoms with E-state index in [2.05, 4.69) is 28.3 Å². The predicted octanol–water partition coefficient (Wildman–Crippen LogP) is 5.56. The van der Waals surface area contributed by atoms with Gasteiger partial charge in [-0.3, -0.25) is 4.98 Å². The molecule has 2 aromatic carbocycles. The van der Waals surface area contributed by atoms with E-state index in [0.29, 0.717) is 55.9 Å². The summed E-state index contributed by atoms with van der Waals surface area (Å²) in [5.41, 5.74) is 2.06. The molecule has 0 atom stereocenters. The fourth-order valence-corrected chi connectivity index (χ4v) is 4.36. The third-order valence-electron chi connectivity index (χ3n) is 5.96. The lowest BCUT2D eigenvalue weighted by Gasteiger charge is -2.30. The van der Waals surface area contributed by atoms with Gasteiger partial charge in [0.15, 0.2) is 11.5 Å². The molecule has 0 radical (unpaired) electrons. The quantitative estimate of drug-likeness (QED) is 0.451.